The highest BCUT2D eigenvalue weighted by Crippen LogP contribution is 2.64. The van der Waals surface area contributed by atoms with E-state index >= 15 is 0 Å². The first-order chi connectivity index (χ1) is 11.4. The van der Waals surface area contributed by atoms with E-state index in [4.69, 9.17) is 18.9 Å². The van der Waals surface area contributed by atoms with Gasteiger partial charge in [-0.2, -0.15) is 0 Å². The maximum Gasteiger partial charge on any atom is 0.312 e. The molecule has 2 heterocycles. The molecular formula is C18H24O6. The van der Waals surface area contributed by atoms with Crippen LogP contribution in [0.1, 0.15) is 33.1 Å². The van der Waals surface area contributed by atoms with Crippen LogP contribution in [0.15, 0.2) is 11.5 Å². The van der Waals surface area contributed by atoms with Gasteiger partial charge in [0.1, 0.15) is 0 Å². The van der Waals surface area contributed by atoms with Crippen molar-refractivity contribution in [3.8, 4) is 0 Å². The molecule has 0 amide bonds. The molecular weight excluding hydrogens is 312 g/mol. The predicted molar refractivity (Wildman–Crippen MR) is 82.4 cm³/mol. The molecule has 2 aliphatic heterocycles. The van der Waals surface area contributed by atoms with E-state index in [1.807, 2.05) is 0 Å². The van der Waals surface area contributed by atoms with Gasteiger partial charge in [-0.15, -0.1) is 0 Å². The summed E-state index contributed by atoms with van der Waals surface area (Å²) in [5.41, 5.74) is 0.363. The van der Waals surface area contributed by atoms with Gasteiger partial charge in [0.15, 0.2) is 0 Å². The summed E-state index contributed by atoms with van der Waals surface area (Å²) >= 11 is 0. The molecule has 6 heteroatoms. The third-order valence-corrected chi connectivity index (χ3v) is 6.16. The van der Waals surface area contributed by atoms with Crippen molar-refractivity contribution in [2.45, 2.75) is 33.1 Å². The Labute approximate surface area is 141 Å². The maximum atomic E-state index is 12.7. The van der Waals surface area contributed by atoms with Gasteiger partial charge in [0.05, 0.1) is 38.3 Å². The number of rotatable bonds is 1. The molecule has 0 N–H and O–H groups in total. The number of cyclic esters (lactones) is 1. The average Bonchev–Trinajstić information content (AvgIpc) is 3.17. The summed E-state index contributed by atoms with van der Waals surface area (Å²) in [7, 11) is 1.42. The Morgan fingerprint density at radius 3 is 2.58 bits per heavy atom. The lowest BCUT2D eigenvalue weighted by Crippen LogP contribution is -2.39. The van der Waals surface area contributed by atoms with E-state index in [-0.39, 0.29) is 35.1 Å². The smallest absolute Gasteiger partial charge is 0.312 e. The Balaban J connectivity index is 1.65. The van der Waals surface area contributed by atoms with Gasteiger partial charge in [-0.25, -0.2) is 0 Å². The number of carbonyl (C=O) groups is 2. The zero-order valence-electron chi connectivity index (χ0n) is 14.4. The number of carbonyl (C=O) groups excluding carboxylic acids is 2. The Morgan fingerprint density at radius 2 is 1.92 bits per heavy atom. The summed E-state index contributed by atoms with van der Waals surface area (Å²) in [5, 5.41) is 0. The van der Waals surface area contributed by atoms with E-state index in [2.05, 4.69) is 13.8 Å². The van der Waals surface area contributed by atoms with Crippen molar-refractivity contribution in [1.29, 1.82) is 0 Å². The van der Waals surface area contributed by atoms with Crippen molar-refractivity contribution >= 4 is 11.9 Å². The largest absolute Gasteiger partial charge is 0.469 e. The second-order valence-corrected chi connectivity index (χ2v) is 8.32. The molecule has 4 aliphatic rings. The Bertz CT molecular complexity index is 609. The van der Waals surface area contributed by atoms with Crippen molar-refractivity contribution in [1.82, 2.24) is 0 Å². The van der Waals surface area contributed by atoms with Gasteiger partial charge in [0, 0.05) is 16.9 Å². The monoisotopic (exact) mass is 336 g/mol. The minimum absolute atomic E-state index is 0.00458. The van der Waals surface area contributed by atoms with Gasteiger partial charge in [-0.3, -0.25) is 9.59 Å². The normalized spacial score (nSPS) is 39.6. The second-order valence-electron chi connectivity index (χ2n) is 8.32. The Hall–Kier alpha value is -1.72. The molecule has 0 aromatic carbocycles. The fourth-order valence-corrected chi connectivity index (χ4v) is 4.96. The molecule has 4 fully saturated rings. The fourth-order valence-electron chi connectivity index (χ4n) is 4.96. The van der Waals surface area contributed by atoms with E-state index in [1.165, 1.54) is 7.11 Å². The quantitative estimate of drug-likeness (QED) is 0.683. The van der Waals surface area contributed by atoms with Gasteiger partial charge < -0.3 is 18.9 Å². The van der Waals surface area contributed by atoms with Crippen molar-refractivity contribution in [3.05, 3.63) is 11.5 Å². The highest BCUT2D eigenvalue weighted by molar-refractivity contribution is 5.84. The number of hydrogen-bond acceptors (Lipinski definition) is 6. The molecule has 0 aromatic heterocycles. The first kappa shape index (κ1) is 15.8. The minimum Gasteiger partial charge on any atom is -0.469 e. The number of allylic oxidation sites excluding steroid dienone is 1. The third-order valence-electron chi connectivity index (χ3n) is 6.16. The highest BCUT2D eigenvalue weighted by Gasteiger charge is 2.67. The molecule has 2 aliphatic carbocycles. The highest BCUT2D eigenvalue weighted by atomic mass is 16.7. The molecule has 2 saturated carbocycles. The summed E-state index contributed by atoms with van der Waals surface area (Å²) < 4.78 is 22.1. The Morgan fingerprint density at radius 1 is 1.21 bits per heavy atom. The summed E-state index contributed by atoms with van der Waals surface area (Å²) in [6.07, 6.45) is 1.95. The van der Waals surface area contributed by atoms with Crippen LogP contribution in [0.2, 0.25) is 0 Å². The number of ether oxygens (including phenoxy) is 4. The van der Waals surface area contributed by atoms with E-state index < -0.39 is 5.41 Å². The lowest BCUT2D eigenvalue weighted by atomic mass is 9.73. The van der Waals surface area contributed by atoms with Crippen molar-refractivity contribution in [2.75, 3.05) is 26.9 Å². The predicted octanol–water partition coefficient (Wildman–Crippen LogP) is 2.03. The van der Waals surface area contributed by atoms with Crippen LogP contribution >= 0.6 is 0 Å². The van der Waals surface area contributed by atoms with Crippen LogP contribution in [0.4, 0.5) is 0 Å². The van der Waals surface area contributed by atoms with Gasteiger partial charge in [0.25, 0.3) is 5.95 Å². The molecule has 0 radical (unpaired) electrons. The number of esters is 2. The van der Waals surface area contributed by atoms with Crippen LogP contribution in [0.25, 0.3) is 0 Å². The molecule has 6 nitrogen and oxygen atoms in total. The fraction of sp³-hybridized carbons (Fsp3) is 0.778. The molecule has 0 aromatic rings. The molecule has 0 spiro atoms. The first-order valence-electron chi connectivity index (χ1n) is 8.60. The first-order valence-corrected chi connectivity index (χ1v) is 8.60. The second kappa shape index (κ2) is 5.14. The van der Waals surface area contributed by atoms with E-state index in [0.717, 1.165) is 12.0 Å². The van der Waals surface area contributed by atoms with Crippen LogP contribution in [-0.2, 0) is 28.5 Å². The van der Waals surface area contributed by atoms with Gasteiger partial charge >= 0.3 is 11.9 Å². The lowest BCUT2D eigenvalue weighted by Gasteiger charge is -2.33. The van der Waals surface area contributed by atoms with Crippen LogP contribution in [-0.4, -0.2) is 38.9 Å². The number of methoxy groups -OCH3 is 1. The molecule has 132 valence electrons. The summed E-state index contributed by atoms with van der Waals surface area (Å²) in [6.45, 7) is 5.72. The summed E-state index contributed by atoms with van der Waals surface area (Å²) in [4.78, 5) is 24.7. The summed E-state index contributed by atoms with van der Waals surface area (Å²) in [5.74, 6) is 0.00317. The average molecular weight is 336 g/mol. The minimum atomic E-state index is -0.673. The zero-order valence-corrected chi connectivity index (χ0v) is 14.4. The zero-order chi connectivity index (χ0) is 17.1. The van der Waals surface area contributed by atoms with E-state index in [9.17, 15) is 9.59 Å². The molecule has 24 heavy (non-hydrogen) atoms. The van der Waals surface area contributed by atoms with Gasteiger partial charge in [-0.05, 0) is 25.2 Å². The van der Waals surface area contributed by atoms with Gasteiger partial charge in [0.2, 0.25) is 0 Å². The van der Waals surface area contributed by atoms with Crippen LogP contribution in [0.5, 0.6) is 0 Å². The SMILES string of the molecule is COC(=O)[C@@]12CC(=C3OCC(C)(C)CO3)C[C@@H]1C[C@@H]1C(=O)OC[C@@H]12. The molecule has 4 atom stereocenters. The maximum absolute atomic E-state index is 12.7. The summed E-state index contributed by atoms with van der Waals surface area (Å²) in [6, 6.07) is 0. The van der Waals surface area contributed by atoms with E-state index in [0.29, 0.717) is 38.6 Å². The molecule has 4 rings (SSSR count). The van der Waals surface area contributed by atoms with Gasteiger partial charge in [-0.1, -0.05) is 13.8 Å². The topological polar surface area (TPSA) is 71.1 Å². The lowest BCUT2D eigenvalue weighted by molar-refractivity contribution is -0.157. The van der Waals surface area contributed by atoms with Crippen molar-refractivity contribution in [2.24, 2.45) is 28.6 Å². The molecule has 2 saturated heterocycles. The van der Waals surface area contributed by atoms with Crippen LogP contribution in [0.3, 0.4) is 0 Å². The van der Waals surface area contributed by atoms with Crippen LogP contribution < -0.4 is 0 Å². The molecule has 0 unspecified atom stereocenters. The molecule has 0 bridgehead atoms. The van der Waals surface area contributed by atoms with Crippen LogP contribution in [0, 0.1) is 28.6 Å². The van der Waals surface area contributed by atoms with E-state index in [1.54, 1.807) is 0 Å². The van der Waals surface area contributed by atoms with Crippen molar-refractivity contribution in [3.63, 3.8) is 0 Å². The third kappa shape index (κ3) is 2.07. The standard InChI is InChI=1S/C18H24O6/c1-17(2)8-23-15(24-9-17)10-4-11-5-12-13(7-22-14(12)19)18(11,6-10)16(20)21-3/h11-13H,4-9H2,1-3H3/t11-,12+,13+,18+/m1/s1. The Kier molecular flexibility index (Phi) is 3.38. The number of hydrogen-bond donors (Lipinski definition) is 0. The number of fused-ring (bicyclic) bond motifs is 3. The van der Waals surface area contributed by atoms with Crippen molar-refractivity contribution < 1.29 is 28.5 Å².